The zero-order valence-corrected chi connectivity index (χ0v) is 12.3. The Kier molecular flexibility index (Phi) is 4.01. The Bertz CT molecular complexity index is 820. The first kappa shape index (κ1) is 14.7. The molecule has 1 aromatic carbocycles. The molecule has 7 heteroatoms. The highest BCUT2D eigenvalue weighted by Gasteiger charge is 2.18. The fourth-order valence-electron chi connectivity index (χ4n) is 2.15. The molecule has 7 nitrogen and oxygen atoms in total. The summed E-state index contributed by atoms with van der Waals surface area (Å²) < 4.78 is 11.8. The third-order valence-corrected chi connectivity index (χ3v) is 3.19. The molecule has 2 heterocycles. The maximum absolute atomic E-state index is 11.7. The lowest BCUT2D eigenvalue weighted by atomic mass is 10.2. The summed E-state index contributed by atoms with van der Waals surface area (Å²) in [4.78, 5) is 22.8. The van der Waals surface area contributed by atoms with Crippen LogP contribution >= 0.6 is 0 Å². The van der Waals surface area contributed by atoms with Crippen LogP contribution in [0.4, 0.5) is 0 Å². The van der Waals surface area contributed by atoms with Gasteiger partial charge >= 0.3 is 5.97 Å². The van der Waals surface area contributed by atoms with Gasteiger partial charge in [-0.1, -0.05) is 5.21 Å². The molecule has 23 heavy (non-hydrogen) atoms. The number of furan rings is 1. The average molecular weight is 311 g/mol. The maximum atomic E-state index is 11.7. The van der Waals surface area contributed by atoms with Crippen molar-refractivity contribution in [1.82, 2.24) is 15.0 Å². The van der Waals surface area contributed by atoms with Crippen molar-refractivity contribution in [2.45, 2.75) is 6.92 Å². The number of aldehydes is 1. The molecule has 116 valence electrons. The van der Waals surface area contributed by atoms with E-state index >= 15 is 0 Å². The molecule has 0 unspecified atom stereocenters. The predicted molar refractivity (Wildman–Crippen MR) is 80.4 cm³/mol. The van der Waals surface area contributed by atoms with Gasteiger partial charge in [-0.3, -0.25) is 4.79 Å². The lowest BCUT2D eigenvalue weighted by Crippen LogP contribution is -2.05. The van der Waals surface area contributed by atoms with Gasteiger partial charge in [0.2, 0.25) is 0 Å². The van der Waals surface area contributed by atoms with Crippen LogP contribution in [-0.4, -0.2) is 33.9 Å². The van der Waals surface area contributed by atoms with E-state index < -0.39 is 5.97 Å². The number of nitrogens with zero attached hydrogens (tertiary/aromatic N) is 3. The Morgan fingerprint density at radius 3 is 2.70 bits per heavy atom. The number of aromatic nitrogens is 3. The molecular weight excluding hydrogens is 298 g/mol. The van der Waals surface area contributed by atoms with E-state index in [0.717, 1.165) is 0 Å². The van der Waals surface area contributed by atoms with E-state index in [0.29, 0.717) is 35.6 Å². The third kappa shape index (κ3) is 2.76. The standard InChI is InChI=1S/C16H13N3O4/c1-2-22-16(21)11-5-7-12(8-6-11)19-15(13(10-20)17-18-19)14-4-3-9-23-14/h3-10H,2H2,1H3. The number of benzene rings is 1. The van der Waals surface area contributed by atoms with Crippen LogP contribution in [0.15, 0.2) is 47.1 Å². The van der Waals surface area contributed by atoms with Crippen LogP contribution in [0.2, 0.25) is 0 Å². The van der Waals surface area contributed by atoms with E-state index in [1.807, 2.05) is 0 Å². The minimum Gasteiger partial charge on any atom is -0.463 e. The summed E-state index contributed by atoms with van der Waals surface area (Å²) in [6.07, 6.45) is 2.12. The molecule has 0 radical (unpaired) electrons. The number of esters is 1. The molecule has 0 saturated carbocycles. The van der Waals surface area contributed by atoms with E-state index in [4.69, 9.17) is 9.15 Å². The molecule has 0 saturated heterocycles. The number of carbonyl (C=O) groups excluding carboxylic acids is 2. The normalized spacial score (nSPS) is 10.5. The van der Waals surface area contributed by atoms with Crippen LogP contribution < -0.4 is 0 Å². The zero-order chi connectivity index (χ0) is 16.2. The Balaban J connectivity index is 2.01. The molecule has 0 spiro atoms. The van der Waals surface area contributed by atoms with E-state index in [1.165, 1.54) is 10.9 Å². The first-order valence-electron chi connectivity index (χ1n) is 6.97. The summed E-state index contributed by atoms with van der Waals surface area (Å²) >= 11 is 0. The molecule has 0 aliphatic rings. The van der Waals surface area contributed by atoms with Crippen LogP contribution in [0, 0.1) is 0 Å². The molecule has 3 rings (SSSR count). The lowest BCUT2D eigenvalue weighted by Gasteiger charge is -2.06. The predicted octanol–water partition coefficient (Wildman–Crippen LogP) is 2.52. The molecule has 0 amide bonds. The molecule has 0 aliphatic carbocycles. The molecule has 3 aromatic rings. The number of rotatable bonds is 5. The number of hydrogen-bond acceptors (Lipinski definition) is 6. The Labute approximate surface area is 131 Å². The summed E-state index contributed by atoms with van der Waals surface area (Å²) in [5, 5.41) is 7.83. The summed E-state index contributed by atoms with van der Waals surface area (Å²) in [6.45, 7) is 2.06. The minimum absolute atomic E-state index is 0.175. The monoisotopic (exact) mass is 311 g/mol. The van der Waals surface area contributed by atoms with Crippen LogP contribution in [0.3, 0.4) is 0 Å². The van der Waals surface area contributed by atoms with Crippen molar-refractivity contribution in [2.24, 2.45) is 0 Å². The van der Waals surface area contributed by atoms with Crippen molar-refractivity contribution in [3.05, 3.63) is 53.9 Å². The van der Waals surface area contributed by atoms with E-state index in [9.17, 15) is 9.59 Å². The van der Waals surface area contributed by atoms with Gasteiger partial charge < -0.3 is 9.15 Å². The topological polar surface area (TPSA) is 87.2 Å². The Hall–Kier alpha value is -3.22. The summed E-state index contributed by atoms with van der Waals surface area (Å²) in [5.41, 5.74) is 1.71. The summed E-state index contributed by atoms with van der Waals surface area (Å²) in [5.74, 6) is 0.0871. The SMILES string of the molecule is CCOC(=O)c1ccc(-n2nnc(C=O)c2-c2ccco2)cc1. The summed E-state index contributed by atoms with van der Waals surface area (Å²) in [7, 11) is 0. The third-order valence-electron chi connectivity index (χ3n) is 3.19. The van der Waals surface area contributed by atoms with Gasteiger partial charge in [0.25, 0.3) is 0 Å². The second-order valence-corrected chi connectivity index (χ2v) is 4.60. The van der Waals surface area contributed by atoms with Gasteiger partial charge in [-0.05, 0) is 43.3 Å². The van der Waals surface area contributed by atoms with Crippen molar-refractivity contribution in [2.75, 3.05) is 6.61 Å². The number of hydrogen-bond donors (Lipinski definition) is 0. The average Bonchev–Trinajstić information content (AvgIpc) is 3.24. The minimum atomic E-state index is -0.391. The van der Waals surface area contributed by atoms with Crippen molar-refractivity contribution < 1.29 is 18.7 Å². The van der Waals surface area contributed by atoms with Gasteiger partial charge in [0.05, 0.1) is 24.1 Å². The van der Waals surface area contributed by atoms with Gasteiger partial charge in [-0.2, -0.15) is 0 Å². The van der Waals surface area contributed by atoms with E-state index in [2.05, 4.69) is 10.3 Å². The highest BCUT2D eigenvalue weighted by Crippen LogP contribution is 2.25. The Morgan fingerprint density at radius 1 is 1.30 bits per heavy atom. The largest absolute Gasteiger partial charge is 0.463 e. The number of carbonyl (C=O) groups is 2. The van der Waals surface area contributed by atoms with Gasteiger partial charge in [-0.15, -0.1) is 5.10 Å². The molecule has 0 fully saturated rings. The van der Waals surface area contributed by atoms with Crippen LogP contribution in [0.1, 0.15) is 27.8 Å². The second kappa shape index (κ2) is 6.27. The van der Waals surface area contributed by atoms with E-state index in [1.54, 1.807) is 43.3 Å². The van der Waals surface area contributed by atoms with Gasteiger partial charge in [0.1, 0.15) is 5.69 Å². The van der Waals surface area contributed by atoms with Crippen LogP contribution in [0.5, 0.6) is 0 Å². The lowest BCUT2D eigenvalue weighted by molar-refractivity contribution is 0.0526. The molecule has 0 N–H and O–H groups in total. The highest BCUT2D eigenvalue weighted by molar-refractivity contribution is 5.89. The van der Waals surface area contributed by atoms with Gasteiger partial charge in [-0.25, -0.2) is 9.48 Å². The molecule has 2 aromatic heterocycles. The number of ether oxygens (including phenoxy) is 1. The first-order valence-corrected chi connectivity index (χ1v) is 6.97. The van der Waals surface area contributed by atoms with Crippen LogP contribution in [0.25, 0.3) is 17.1 Å². The maximum Gasteiger partial charge on any atom is 0.338 e. The quantitative estimate of drug-likeness (QED) is 0.531. The van der Waals surface area contributed by atoms with Crippen molar-refractivity contribution in [3.63, 3.8) is 0 Å². The fraction of sp³-hybridized carbons (Fsp3) is 0.125. The second-order valence-electron chi connectivity index (χ2n) is 4.60. The van der Waals surface area contributed by atoms with E-state index in [-0.39, 0.29) is 5.69 Å². The Morgan fingerprint density at radius 2 is 2.09 bits per heavy atom. The molecule has 0 bridgehead atoms. The van der Waals surface area contributed by atoms with Crippen molar-refractivity contribution >= 4 is 12.3 Å². The smallest absolute Gasteiger partial charge is 0.338 e. The van der Waals surface area contributed by atoms with Gasteiger partial charge in [0.15, 0.2) is 17.7 Å². The molecular formula is C16H13N3O4. The van der Waals surface area contributed by atoms with Gasteiger partial charge in [0, 0.05) is 0 Å². The van der Waals surface area contributed by atoms with Crippen molar-refractivity contribution in [3.8, 4) is 17.1 Å². The first-order chi connectivity index (χ1) is 11.2. The molecule has 0 aliphatic heterocycles. The highest BCUT2D eigenvalue weighted by atomic mass is 16.5. The molecule has 0 atom stereocenters. The van der Waals surface area contributed by atoms with Crippen molar-refractivity contribution in [1.29, 1.82) is 0 Å². The summed E-state index contributed by atoms with van der Waals surface area (Å²) in [6, 6.07) is 10.1. The van der Waals surface area contributed by atoms with Crippen LogP contribution in [-0.2, 0) is 4.74 Å². The zero-order valence-electron chi connectivity index (χ0n) is 12.3. The fourth-order valence-corrected chi connectivity index (χ4v) is 2.15.